The molecule has 10 heteroatoms. The van der Waals surface area contributed by atoms with Gasteiger partial charge in [-0.25, -0.2) is 18.9 Å². The largest absolute Gasteiger partial charge is 0.476 e. The van der Waals surface area contributed by atoms with Crippen LogP contribution in [0.25, 0.3) is 27.5 Å². The molecule has 2 aromatic heterocycles. The highest BCUT2D eigenvalue weighted by molar-refractivity contribution is 7.82. The standard InChI is InChI=1S/C31H27FN4O3S2/c1-18-5-10-21(11-6-18)22-3-2-4-23(16-22)29-24(13-20-9-12-28(41(33)39)25(32)14-20)27(15-19-7-8-19)36(35-29)31-34-26(17-40-31)30(37)38/h2-6,9-12,14,16-17,19H,7-8,13,15H2,1H3,(H2,33,39)(H,37,38)/p+1. The number of hydrogen-bond donors (Lipinski definition) is 2. The molecule has 208 valence electrons. The molecule has 1 aliphatic rings. The van der Waals surface area contributed by atoms with Gasteiger partial charge in [0.05, 0.1) is 11.4 Å². The number of thiol groups is 1. The van der Waals surface area contributed by atoms with E-state index in [-0.39, 0.29) is 10.6 Å². The second-order valence-corrected chi connectivity index (χ2v) is 12.4. The molecule has 3 aromatic carbocycles. The Bertz CT molecular complexity index is 1790. The van der Waals surface area contributed by atoms with Gasteiger partial charge in [0, 0.05) is 22.9 Å². The molecule has 1 unspecified atom stereocenters. The molecule has 0 bridgehead atoms. The van der Waals surface area contributed by atoms with Gasteiger partial charge < -0.3 is 5.11 Å². The molecule has 3 N–H and O–H groups in total. The van der Waals surface area contributed by atoms with Crippen LogP contribution in [0.15, 0.2) is 77.0 Å². The summed E-state index contributed by atoms with van der Waals surface area (Å²) in [5, 5.41) is 22.0. The van der Waals surface area contributed by atoms with Gasteiger partial charge in [0.1, 0.15) is 0 Å². The van der Waals surface area contributed by atoms with Crippen molar-refractivity contribution in [1.82, 2.24) is 14.8 Å². The number of carbonyl (C=O) groups is 1. The van der Waals surface area contributed by atoms with E-state index in [1.165, 1.54) is 34.4 Å². The van der Waals surface area contributed by atoms with Crippen molar-refractivity contribution in [3.05, 3.63) is 106 Å². The van der Waals surface area contributed by atoms with Crippen LogP contribution in [-0.4, -0.2) is 25.8 Å². The van der Waals surface area contributed by atoms with Crippen molar-refractivity contribution in [2.45, 2.75) is 37.5 Å². The van der Waals surface area contributed by atoms with Crippen molar-refractivity contribution in [3.8, 4) is 27.5 Å². The molecule has 41 heavy (non-hydrogen) atoms. The number of nitrogens with two attached hydrogens (primary N) is 1. The maximum atomic E-state index is 14.8. The predicted molar refractivity (Wildman–Crippen MR) is 159 cm³/mol. The first-order valence-electron chi connectivity index (χ1n) is 13.2. The molecule has 0 saturated heterocycles. The smallest absolute Gasteiger partial charge is 0.355 e. The Labute approximate surface area is 243 Å². The third-order valence-electron chi connectivity index (χ3n) is 7.31. The van der Waals surface area contributed by atoms with Crippen LogP contribution < -0.4 is 5.14 Å². The van der Waals surface area contributed by atoms with Crippen molar-refractivity contribution in [3.63, 3.8) is 0 Å². The van der Waals surface area contributed by atoms with Crippen LogP contribution in [0.5, 0.6) is 0 Å². The van der Waals surface area contributed by atoms with Crippen molar-refractivity contribution in [1.29, 1.82) is 0 Å². The van der Waals surface area contributed by atoms with Gasteiger partial charge in [-0.15, -0.1) is 16.5 Å². The third kappa shape index (κ3) is 5.76. The Kier molecular flexibility index (Phi) is 7.37. The molecule has 5 aromatic rings. The highest BCUT2D eigenvalue weighted by atomic mass is 32.2. The second kappa shape index (κ2) is 11.1. The quantitative estimate of drug-likeness (QED) is 0.156. The lowest BCUT2D eigenvalue weighted by molar-refractivity contribution is 0.0691. The third-order valence-corrected chi connectivity index (χ3v) is 8.97. The number of halogens is 1. The van der Waals surface area contributed by atoms with Gasteiger partial charge in [0.15, 0.2) is 22.5 Å². The maximum Gasteiger partial charge on any atom is 0.355 e. The van der Waals surface area contributed by atoms with Crippen LogP contribution in [-0.2, 0) is 28.0 Å². The summed E-state index contributed by atoms with van der Waals surface area (Å²) in [6.45, 7) is 2.05. The normalized spacial score (nSPS) is 13.8. The van der Waals surface area contributed by atoms with Crippen LogP contribution in [0.3, 0.4) is 0 Å². The maximum absolute atomic E-state index is 14.8. The molecule has 1 aliphatic carbocycles. The van der Waals surface area contributed by atoms with Crippen molar-refractivity contribution >= 4 is 28.3 Å². The average molecular weight is 588 g/mol. The minimum atomic E-state index is -2.29. The molecule has 1 atom stereocenters. The fourth-order valence-corrected chi connectivity index (χ4v) is 6.23. The molecular formula is C31H28FN4O3S2+. The van der Waals surface area contributed by atoms with E-state index in [0.29, 0.717) is 23.0 Å². The summed E-state index contributed by atoms with van der Waals surface area (Å²) in [6.07, 6.45) is 3.33. The van der Waals surface area contributed by atoms with Crippen molar-refractivity contribution in [2.75, 3.05) is 0 Å². The van der Waals surface area contributed by atoms with Crippen LogP contribution in [0.1, 0.15) is 45.7 Å². The SMILES string of the molecule is Cc1ccc(-c2cccc(-c3nn(-c4nc(C(=O)O)cs4)c(CC4CC4)c3Cc3ccc([SH+](N)=O)c(F)c3)c2)cc1. The first-order chi connectivity index (χ1) is 19.8. The second-order valence-electron chi connectivity index (χ2n) is 10.4. The average Bonchev–Trinajstić information content (AvgIpc) is 3.51. The fraction of sp³-hybridized carbons (Fsp3) is 0.194. The minimum absolute atomic E-state index is 0.00680. The van der Waals surface area contributed by atoms with Gasteiger partial charge in [-0.3, -0.25) is 0 Å². The summed E-state index contributed by atoms with van der Waals surface area (Å²) in [5.74, 6) is -1.20. The summed E-state index contributed by atoms with van der Waals surface area (Å²) in [4.78, 5) is 16.0. The summed E-state index contributed by atoms with van der Waals surface area (Å²) in [7, 11) is -2.29. The number of nitrogens with zero attached hydrogens (tertiary/aromatic N) is 3. The van der Waals surface area contributed by atoms with E-state index in [1.54, 1.807) is 10.7 Å². The number of rotatable bonds is 9. The van der Waals surface area contributed by atoms with Gasteiger partial charge in [-0.1, -0.05) is 58.3 Å². The highest BCUT2D eigenvalue weighted by Crippen LogP contribution is 2.39. The fourth-order valence-electron chi connectivity index (χ4n) is 4.96. The van der Waals surface area contributed by atoms with Gasteiger partial charge in [0.25, 0.3) is 0 Å². The number of aromatic carboxylic acids is 1. The first kappa shape index (κ1) is 27.2. The van der Waals surface area contributed by atoms with Crippen LogP contribution >= 0.6 is 11.3 Å². The van der Waals surface area contributed by atoms with E-state index in [9.17, 15) is 18.5 Å². The first-order valence-corrected chi connectivity index (χ1v) is 15.5. The Morgan fingerprint density at radius 1 is 1.10 bits per heavy atom. The van der Waals surface area contributed by atoms with Gasteiger partial charge in [-0.2, -0.15) is 5.10 Å². The molecule has 1 fully saturated rings. The lowest BCUT2D eigenvalue weighted by atomic mass is 9.95. The Morgan fingerprint density at radius 3 is 2.51 bits per heavy atom. The topological polar surface area (TPSA) is 111 Å². The molecule has 2 heterocycles. The zero-order valence-corrected chi connectivity index (χ0v) is 24.0. The lowest BCUT2D eigenvalue weighted by Crippen LogP contribution is -2.07. The number of carboxylic acids is 1. The minimum Gasteiger partial charge on any atom is -0.476 e. The van der Waals surface area contributed by atoms with Crippen molar-refractivity contribution in [2.24, 2.45) is 11.1 Å². The van der Waals surface area contributed by atoms with Gasteiger partial charge in [-0.05, 0) is 67.0 Å². The van der Waals surface area contributed by atoms with Gasteiger partial charge in [0.2, 0.25) is 10.0 Å². The van der Waals surface area contributed by atoms with E-state index < -0.39 is 22.8 Å². The predicted octanol–water partition coefficient (Wildman–Crippen LogP) is 6.28. The Balaban J connectivity index is 1.52. The number of carboxylic acid groups (broad SMARTS) is 1. The Hall–Kier alpha value is -3.99. The van der Waals surface area contributed by atoms with E-state index in [1.807, 2.05) is 12.1 Å². The zero-order chi connectivity index (χ0) is 28.7. The monoisotopic (exact) mass is 587 g/mol. The number of aryl methyl sites for hydroxylation is 1. The number of benzene rings is 3. The Morgan fingerprint density at radius 2 is 1.85 bits per heavy atom. The lowest BCUT2D eigenvalue weighted by Gasteiger charge is -2.10. The molecule has 6 rings (SSSR count). The molecule has 0 aliphatic heterocycles. The summed E-state index contributed by atoms with van der Waals surface area (Å²) in [5.41, 5.74) is 7.45. The van der Waals surface area contributed by atoms with Gasteiger partial charge >= 0.3 is 5.97 Å². The summed E-state index contributed by atoms with van der Waals surface area (Å²) >= 11 is 1.23. The molecule has 0 spiro atoms. The molecule has 7 nitrogen and oxygen atoms in total. The summed E-state index contributed by atoms with van der Waals surface area (Å²) in [6, 6.07) is 21.1. The van der Waals surface area contributed by atoms with Crippen molar-refractivity contribution < 1.29 is 18.5 Å². The van der Waals surface area contributed by atoms with Crippen LogP contribution in [0.2, 0.25) is 0 Å². The van der Waals surface area contributed by atoms with Crippen LogP contribution in [0, 0.1) is 18.7 Å². The molecule has 1 saturated carbocycles. The molecule has 0 amide bonds. The zero-order valence-electron chi connectivity index (χ0n) is 22.3. The molecular weight excluding hydrogens is 559 g/mol. The summed E-state index contributed by atoms with van der Waals surface area (Å²) < 4.78 is 28.3. The van der Waals surface area contributed by atoms with E-state index >= 15 is 0 Å². The van der Waals surface area contributed by atoms with E-state index in [0.717, 1.165) is 52.9 Å². The number of hydrogen-bond acceptors (Lipinski definition) is 5. The van der Waals surface area contributed by atoms with Crippen LogP contribution in [0.4, 0.5) is 4.39 Å². The highest BCUT2D eigenvalue weighted by Gasteiger charge is 2.29. The van der Waals surface area contributed by atoms with E-state index in [2.05, 4.69) is 48.3 Å². The number of thiazole rings is 1. The number of aromatic nitrogens is 3. The van der Waals surface area contributed by atoms with E-state index in [4.69, 9.17) is 10.2 Å². The molecule has 0 radical (unpaired) electrons.